The molecule has 2 aromatic rings. The molecule has 1 saturated carbocycles. The van der Waals surface area contributed by atoms with Crippen LogP contribution in [0, 0.1) is 5.92 Å². The number of ether oxygens (including phenoxy) is 1. The van der Waals surface area contributed by atoms with Crippen LogP contribution >= 0.6 is 12.4 Å². The van der Waals surface area contributed by atoms with Crippen molar-refractivity contribution in [2.24, 2.45) is 11.7 Å². The third-order valence-electron chi connectivity index (χ3n) is 4.42. The maximum Gasteiger partial charge on any atom is 0.119 e. The fourth-order valence-corrected chi connectivity index (χ4v) is 3.12. The fourth-order valence-electron chi connectivity index (χ4n) is 3.12. The van der Waals surface area contributed by atoms with Crippen molar-refractivity contribution in [1.82, 2.24) is 0 Å². The van der Waals surface area contributed by atoms with Gasteiger partial charge in [-0.2, -0.15) is 0 Å². The van der Waals surface area contributed by atoms with Crippen LogP contribution < -0.4 is 10.5 Å². The molecule has 1 atom stereocenters. The Balaban J connectivity index is 0.00000176. The van der Waals surface area contributed by atoms with Crippen molar-refractivity contribution in [3.05, 3.63) is 65.7 Å². The molecule has 1 fully saturated rings. The lowest BCUT2D eigenvalue weighted by molar-refractivity contribution is 0.306. The van der Waals surface area contributed by atoms with E-state index in [0.717, 1.165) is 5.75 Å². The highest BCUT2D eigenvalue weighted by Crippen LogP contribution is 2.34. The van der Waals surface area contributed by atoms with Crippen molar-refractivity contribution < 1.29 is 4.74 Å². The third-order valence-corrected chi connectivity index (χ3v) is 4.42. The van der Waals surface area contributed by atoms with Crippen molar-refractivity contribution >= 4 is 12.4 Å². The zero-order chi connectivity index (χ0) is 14.5. The molecule has 1 aliphatic rings. The van der Waals surface area contributed by atoms with E-state index in [9.17, 15) is 0 Å². The summed E-state index contributed by atoms with van der Waals surface area (Å²) < 4.78 is 5.81. The van der Waals surface area contributed by atoms with E-state index >= 15 is 0 Å². The van der Waals surface area contributed by atoms with Crippen LogP contribution in [0.3, 0.4) is 0 Å². The van der Waals surface area contributed by atoms with Gasteiger partial charge >= 0.3 is 0 Å². The van der Waals surface area contributed by atoms with Crippen molar-refractivity contribution in [2.45, 2.75) is 38.3 Å². The second kappa shape index (κ2) is 8.21. The van der Waals surface area contributed by atoms with Gasteiger partial charge in [-0.1, -0.05) is 55.3 Å². The van der Waals surface area contributed by atoms with Crippen LogP contribution in [-0.4, -0.2) is 0 Å². The SMILES string of the molecule is Cl.N[C@H](c1ccc(OCc2ccccc2)cc1)C1CCCC1. The zero-order valence-corrected chi connectivity index (χ0v) is 13.6. The molecule has 3 rings (SSSR count). The lowest BCUT2D eigenvalue weighted by Gasteiger charge is -2.19. The molecular weight excluding hydrogens is 294 g/mol. The topological polar surface area (TPSA) is 35.2 Å². The molecule has 0 aliphatic heterocycles. The second-order valence-electron chi connectivity index (χ2n) is 5.91. The second-order valence-corrected chi connectivity index (χ2v) is 5.91. The summed E-state index contributed by atoms with van der Waals surface area (Å²) in [5, 5.41) is 0. The minimum atomic E-state index is 0. The van der Waals surface area contributed by atoms with Gasteiger partial charge < -0.3 is 10.5 Å². The number of hydrogen-bond acceptors (Lipinski definition) is 2. The van der Waals surface area contributed by atoms with Gasteiger partial charge in [-0.15, -0.1) is 12.4 Å². The van der Waals surface area contributed by atoms with E-state index in [2.05, 4.69) is 24.3 Å². The zero-order valence-electron chi connectivity index (χ0n) is 12.8. The molecule has 0 radical (unpaired) electrons. The summed E-state index contributed by atoms with van der Waals surface area (Å²) in [6, 6.07) is 18.7. The lowest BCUT2D eigenvalue weighted by atomic mass is 9.92. The molecule has 0 spiro atoms. The smallest absolute Gasteiger partial charge is 0.119 e. The monoisotopic (exact) mass is 317 g/mol. The highest BCUT2D eigenvalue weighted by atomic mass is 35.5. The Labute approximate surface area is 139 Å². The van der Waals surface area contributed by atoms with E-state index < -0.39 is 0 Å². The quantitative estimate of drug-likeness (QED) is 0.853. The molecule has 0 bridgehead atoms. The first-order chi connectivity index (χ1) is 10.3. The van der Waals surface area contributed by atoms with Gasteiger partial charge in [0.15, 0.2) is 0 Å². The highest BCUT2D eigenvalue weighted by molar-refractivity contribution is 5.85. The molecule has 118 valence electrons. The van der Waals surface area contributed by atoms with Gasteiger partial charge in [0.2, 0.25) is 0 Å². The minimum absolute atomic E-state index is 0. The van der Waals surface area contributed by atoms with Gasteiger partial charge in [0, 0.05) is 6.04 Å². The Morgan fingerprint density at radius 2 is 1.59 bits per heavy atom. The van der Waals surface area contributed by atoms with Gasteiger partial charge in [-0.3, -0.25) is 0 Å². The van der Waals surface area contributed by atoms with Crippen LogP contribution in [0.2, 0.25) is 0 Å². The summed E-state index contributed by atoms with van der Waals surface area (Å²) in [5.74, 6) is 1.56. The van der Waals surface area contributed by atoms with Gasteiger partial charge in [0.1, 0.15) is 12.4 Å². The molecule has 0 amide bonds. The number of halogens is 1. The molecule has 3 heteroatoms. The van der Waals surface area contributed by atoms with Crippen LogP contribution in [0.1, 0.15) is 42.9 Å². The van der Waals surface area contributed by atoms with Crippen molar-refractivity contribution in [3.63, 3.8) is 0 Å². The van der Waals surface area contributed by atoms with Crippen molar-refractivity contribution in [2.75, 3.05) is 0 Å². The molecule has 2 aromatic carbocycles. The van der Waals surface area contributed by atoms with E-state index in [1.54, 1.807) is 0 Å². The fraction of sp³-hybridized carbons (Fsp3) is 0.368. The van der Waals surface area contributed by atoms with Gasteiger partial charge in [0.05, 0.1) is 0 Å². The highest BCUT2D eigenvalue weighted by Gasteiger charge is 2.22. The van der Waals surface area contributed by atoms with Gasteiger partial charge in [-0.25, -0.2) is 0 Å². The molecular formula is C19H24ClNO. The number of benzene rings is 2. The number of rotatable bonds is 5. The molecule has 22 heavy (non-hydrogen) atoms. The summed E-state index contributed by atoms with van der Waals surface area (Å²) in [7, 11) is 0. The van der Waals surface area contributed by atoms with Crippen LogP contribution in [0.4, 0.5) is 0 Å². The van der Waals surface area contributed by atoms with Crippen molar-refractivity contribution in [1.29, 1.82) is 0 Å². The largest absolute Gasteiger partial charge is 0.489 e. The molecule has 1 aliphatic carbocycles. The summed E-state index contributed by atoms with van der Waals surface area (Å²) in [4.78, 5) is 0. The molecule has 0 saturated heterocycles. The Kier molecular flexibility index (Phi) is 6.29. The van der Waals surface area contributed by atoms with Crippen LogP contribution in [0.25, 0.3) is 0 Å². The Morgan fingerprint density at radius 1 is 0.955 bits per heavy atom. The molecule has 0 heterocycles. The summed E-state index contributed by atoms with van der Waals surface area (Å²) in [6.07, 6.45) is 5.20. The van der Waals surface area contributed by atoms with Crippen LogP contribution in [0.15, 0.2) is 54.6 Å². The van der Waals surface area contributed by atoms with Crippen LogP contribution in [-0.2, 0) is 6.61 Å². The predicted molar refractivity (Wildman–Crippen MR) is 93.4 cm³/mol. The number of nitrogens with two attached hydrogens (primary N) is 1. The standard InChI is InChI=1S/C19H23NO.ClH/c20-19(16-8-4-5-9-16)17-10-12-18(13-11-17)21-14-15-6-2-1-3-7-15;/h1-3,6-7,10-13,16,19H,4-5,8-9,14,20H2;1H/t19-;/m0./s1. The average Bonchev–Trinajstić information content (AvgIpc) is 3.08. The first-order valence-corrected chi connectivity index (χ1v) is 7.85. The normalized spacial score (nSPS) is 16.0. The van der Waals surface area contributed by atoms with Crippen LogP contribution in [0.5, 0.6) is 5.75 Å². The van der Waals surface area contributed by atoms with E-state index in [-0.39, 0.29) is 18.4 Å². The van der Waals surface area contributed by atoms with Crippen molar-refractivity contribution in [3.8, 4) is 5.75 Å². The number of hydrogen-bond donors (Lipinski definition) is 1. The van der Waals surface area contributed by atoms with Gasteiger partial charge in [0.25, 0.3) is 0 Å². The van der Waals surface area contributed by atoms with E-state index in [1.807, 2.05) is 30.3 Å². The van der Waals surface area contributed by atoms with E-state index in [0.29, 0.717) is 12.5 Å². The first-order valence-electron chi connectivity index (χ1n) is 7.85. The Hall–Kier alpha value is -1.51. The summed E-state index contributed by atoms with van der Waals surface area (Å²) >= 11 is 0. The Morgan fingerprint density at radius 3 is 2.23 bits per heavy atom. The third kappa shape index (κ3) is 4.25. The van der Waals surface area contributed by atoms with E-state index in [4.69, 9.17) is 10.5 Å². The lowest BCUT2D eigenvalue weighted by Crippen LogP contribution is -2.18. The maximum atomic E-state index is 6.37. The summed E-state index contributed by atoms with van der Waals surface area (Å²) in [6.45, 7) is 0.606. The van der Waals surface area contributed by atoms with Gasteiger partial charge in [-0.05, 0) is 42.0 Å². The average molecular weight is 318 g/mol. The molecule has 0 aromatic heterocycles. The first kappa shape index (κ1) is 16.9. The van der Waals surface area contributed by atoms with E-state index in [1.165, 1.54) is 36.8 Å². The maximum absolute atomic E-state index is 6.37. The molecule has 2 N–H and O–H groups in total. The molecule has 2 nitrogen and oxygen atoms in total. The summed E-state index contributed by atoms with van der Waals surface area (Å²) in [5.41, 5.74) is 8.79. The minimum Gasteiger partial charge on any atom is -0.489 e. The molecule has 0 unspecified atom stereocenters. The Bertz CT molecular complexity index is 549. The predicted octanol–water partition coefficient (Wildman–Crippen LogP) is 4.88.